The summed E-state index contributed by atoms with van der Waals surface area (Å²) in [5.74, 6) is -0.196. The first kappa shape index (κ1) is 30.4. The lowest BCUT2D eigenvalue weighted by molar-refractivity contribution is -0.0440. The molecule has 25 heteroatoms. The molecule has 7 rings (SSSR count). The number of thioether (sulfide) groups is 1. The Hall–Kier alpha value is -2.27. The number of aliphatic hydroxyl groups excluding tert-OH is 1. The van der Waals surface area contributed by atoms with Gasteiger partial charge >= 0.3 is 13.5 Å². The molecule has 3 saturated heterocycles. The van der Waals surface area contributed by atoms with Gasteiger partial charge in [0.1, 0.15) is 23.7 Å². The lowest BCUT2D eigenvalue weighted by Crippen LogP contribution is -2.35. The van der Waals surface area contributed by atoms with Crippen molar-refractivity contribution in [3.63, 3.8) is 0 Å². The van der Waals surface area contributed by atoms with Gasteiger partial charge in [-0.1, -0.05) is 22.7 Å². The SMILES string of the molecule is Nc1nc2c(nnn2[C@@H]2S[C@@H]3COP(O)(=S)O[C@H]4C[C@H](n5nnc6c(N)ccnc65)O[C@@H]4COP(=O)(S)O[C@@H]2[C@@H]3O)c(=O)[nH]1. The van der Waals surface area contributed by atoms with Gasteiger partial charge in [0, 0.05) is 12.6 Å². The van der Waals surface area contributed by atoms with Crippen molar-refractivity contribution in [1.82, 2.24) is 44.9 Å². The van der Waals surface area contributed by atoms with Gasteiger partial charge in [-0.15, -0.1) is 22.0 Å². The van der Waals surface area contributed by atoms with Crippen LogP contribution in [-0.2, 0) is 39.2 Å². The monoisotopic (exact) mass is 707 g/mol. The van der Waals surface area contributed by atoms with E-state index >= 15 is 0 Å². The Labute approximate surface area is 260 Å². The fourth-order valence-electron chi connectivity index (χ4n) is 5.08. The lowest BCUT2D eigenvalue weighted by atomic mass is 10.1. The summed E-state index contributed by atoms with van der Waals surface area (Å²) in [6, 6.07) is 1.58. The number of hydrogen-bond donors (Lipinski definition) is 6. The molecule has 3 fully saturated rings. The van der Waals surface area contributed by atoms with Crippen molar-refractivity contribution < 1.29 is 37.4 Å². The second kappa shape index (κ2) is 11.2. The van der Waals surface area contributed by atoms with E-state index in [2.05, 4.69) is 47.8 Å². The van der Waals surface area contributed by atoms with Crippen molar-refractivity contribution in [3.05, 3.63) is 22.6 Å². The number of rotatable bonds is 2. The largest absolute Gasteiger partial charge is 0.397 e. The van der Waals surface area contributed by atoms with Crippen molar-refractivity contribution >= 4 is 83.3 Å². The molecule has 0 aliphatic carbocycles. The average molecular weight is 708 g/mol. The first-order valence-electron chi connectivity index (χ1n) is 12.8. The molecule has 0 saturated carbocycles. The fraction of sp³-hybridized carbons (Fsp3) is 0.526. The molecule has 236 valence electrons. The van der Waals surface area contributed by atoms with Gasteiger partial charge in [-0.2, -0.15) is 9.67 Å². The topological polar surface area (TPSA) is 276 Å². The number of aliphatic hydroxyl groups is 1. The molecule has 2 unspecified atom stereocenters. The van der Waals surface area contributed by atoms with E-state index in [1.807, 2.05) is 0 Å². The minimum atomic E-state index is -4.23. The molecule has 2 bridgehead atoms. The number of nitrogens with zero attached hydrogens (tertiary/aromatic N) is 8. The maximum Gasteiger partial charge on any atom is 0.386 e. The second-order valence-electron chi connectivity index (χ2n) is 9.93. The van der Waals surface area contributed by atoms with Crippen LogP contribution in [0, 0.1) is 0 Å². The summed E-state index contributed by atoms with van der Waals surface area (Å²) in [6.07, 6.45) is -3.76. The molecule has 3 aliphatic heterocycles. The Bertz CT molecular complexity index is 1910. The zero-order valence-electron chi connectivity index (χ0n) is 22.0. The van der Waals surface area contributed by atoms with Gasteiger partial charge in [-0.05, 0) is 17.9 Å². The molecule has 7 heterocycles. The number of nitrogens with two attached hydrogens (primary N) is 2. The molecular formula is C19H23N11O9P2S3. The predicted octanol–water partition coefficient (Wildman–Crippen LogP) is -0.147. The highest BCUT2D eigenvalue weighted by atomic mass is 32.7. The Morgan fingerprint density at radius 2 is 1.89 bits per heavy atom. The van der Waals surface area contributed by atoms with Crippen molar-refractivity contribution in [2.24, 2.45) is 0 Å². The zero-order valence-corrected chi connectivity index (χ0v) is 26.3. The minimum absolute atomic E-state index is 0.0112. The Morgan fingerprint density at radius 1 is 1.11 bits per heavy atom. The summed E-state index contributed by atoms with van der Waals surface area (Å²) in [6.45, 7) is -8.89. The number of hydrogen-bond acceptors (Lipinski definition) is 18. The molecule has 20 nitrogen and oxygen atoms in total. The Kier molecular flexibility index (Phi) is 7.74. The molecule has 0 amide bonds. The van der Waals surface area contributed by atoms with Crippen LogP contribution in [0.4, 0.5) is 11.6 Å². The molecule has 3 aliphatic rings. The van der Waals surface area contributed by atoms with Crippen LogP contribution in [0.1, 0.15) is 18.0 Å². The van der Waals surface area contributed by atoms with E-state index in [1.165, 1.54) is 15.6 Å². The molecular weight excluding hydrogens is 684 g/mol. The van der Waals surface area contributed by atoms with Crippen LogP contribution < -0.4 is 17.0 Å². The quantitative estimate of drug-likeness (QED) is 0.117. The highest BCUT2D eigenvalue weighted by Crippen LogP contribution is 2.60. The molecule has 0 aromatic carbocycles. The average Bonchev–Trinajstić information content (AvgIpc) is 3.72. The van der Waals surface area contributed by atoms with Crippen LogP contribution in [0.3, 0.4) is 0 Å². The normalized spacial score (nSPS) is 36.6. The highest BCUT2D eigenvalue weighted by molar-refractivity contribution is 8.44. The van der Waals surface area contributed by atoms with E-state index in [9.17, 15) is 19.4 Å². The van der Waals surface area contributed by atoms with E-state index < -0.39 is 66.9 Å². The first-order valence-corrected chi connectivity index (χ1v) is 19.0. The summed E-state index contributed by atoms with van der Waals surface area (Å²) in [5.41, 5.74) is 12.0. The van der Waals surface area contributed by atoms with Gasteiger partial charge in [0.2, 0.25) is 5.95 Å². The number of thiol groups is 1. The number of nitrogens with one attached hydrogen (secondary N) is 1. The van der Waals surface area contributed by atoms with Gasteiger partial charge in [-0.25, -0.2) is 14.2 Å². The van der Waals surface area contributed by atoms with Crippen molar-refractivity contribution in [2.45, 2.75) is 47.7 Å². The van der Waals surface area contributed by atoms with Crippen LogP contribution in [-0.4, -0.2) is 97.8 Å². The van der Waals surface area contributed by atoms with Gasteiger partial charge in [0.25, 0.3) is 5.56 Å². The summed E-state index contributed by atoms with van der Waals surface area (Å²) in [7, 11) is 0. The number of nitrogen functional groups attached to an aromatic ring is 2. The fourth-order valence-corrected chi connectivity index (χ4v) is 9.67. The number of pyridine rings is 1. The van der Waals surface area contributed by atoms with Gasteiger partial charge < -0.3 is 35.3 Å². The first-order chi connectivity index (χ1) is 20.9. The van der Waals surface area contributed by atoms with Crippen molar-refractivity contribution in [3.8, 4) is 0 Å². The molecule has 9 atom stereocenters. The molecule has 4 aromatic rings. The number of H-pyrrole nitrogens is 1. The van der Waals surface area contributed by atoms with Crippen LogP contribution in [0.2, 0.25) is 0 Å². The third kappa shape index (κ3) is 5.54. The number of aromatic amines is 1. The molecule has 0 radical (unpaired) electrons. The lowest BCUT2D eigenvalue weighted by Gasteiger charge is -2.26. The summed E-state index contributed by atoms with van der Waals surface area (Å²) >= 11 is 10.5. The molecule has 44 heavy (non-hydrogen) atoms. The van der Waals surface area contributed by atoms with Crippen molar-refractivity contribution in [2.75, 3.05) is 24.7 Å². The standard InChI is InChI=1S/C19H23N11O9P2S3/c20-6-1-2-22-15-11(6)25-27-29(15)10-3-7-8(37-10)4-35-41(34,43)39-14-13(31)9(5-36-40(33,42)38-7)44-18(14)30-16-12(26-28-30)17(32)24-19(21)23-16/h1-2,7-10,13-14,18,31H,3-5H2,(H2,20,22)(H,33,42)(H,34,43)(H3,21,23,24,32)/t7-,8+,9+,10+,13+,14+,18+,40?,41?/m0/s1. The van der Waals surface area contributed by atoms with Crippen LogP contribution in [0.15, 0.2) is 17.1 Å². The number of fused-ring (bicyclic) bond motifs is 5. The van der Waals surface area contributed by atoms with Gasteiger partial charge in [0.15, 0.2) is 28.6 Å². The minimum Gasteiger partial charge on any atom is -0.397 e. The van der Waals surface area contributed by atoms with E-state index in [0.29, 0.717) is 16.9 Å². The van der Waals surface area contributed by atoms with Crippen molar-refractivity contribution in [1.29, 1.82) is 0 Å². The highest BCUT2D eigenvalue weighted by Gasteiger charge is 2.51. The van der Waals surface area contributed by atoms with Gasteiger partial charge in [0.05, 0.1) is 30.3 Å². The third-order valence-corrected chi connectivity index (χ3v) is 11.8. The van der Waals surface area contributed by atoms with Crippen LogP contribution in [0.25, 0.3) is 22.3 Å². The maximum absolute atomic E-state index is 13.5. The summed E-state index contributed by atoms with van der Waals surface area (Å²) in [4.78, 5) is 34.0. The van der Waals surface area contributed by atoms with Gasteiger partial charge in [-0.3, -0.25) is 18.8 Å². The molecule has 0 spiro atoms. The summed E-state index contributed by atoms with van der Waals surface area (Å²) in [5, 5.41) is 25.4. The van der Waals surface area contributed by atoms with E-state index in [-0.39, 0.29) is 30.1 Å². The van der Waals surface area contributed by atoms with E-state index in [0.717, 1.165) is 11.8 Å². The third-order valence-electron chi connectivity index (χ3n) is 7.08. The predicted molar refractivity (Wildman–Crippen MR) is 160 cm³/mol. The molecule has 7 N–H and O–H groups in total. The Morgan fingerprint density at radius 3 is 2.70 bits per heavy atom. The number of anilines is 2. The van der Waals surface area contributed by atoms with Crippen LogP contribution >= 0.6 is 37.5 Å². The molecule has 4 aromatic heterocycles. The number of ether oxygens (including phenoxy) is 1. The van der Waals surface area contributed by atoms with E-state index in [4.69, 9.17) is 46.1 Å². The second-order valence-corrected chi connectivity index (χ2v) is 17.0. The number of aromatic nitrogens is 9. The smallest absolute Gasteiger partial charge is 0.386 e. The zero-order chi connectivity index (χ0) is 31.0. The van der Waals surface area contributed by atoms with E-state index in [1.54, 1.807) is 6.07 Å². The maximum atomic E-state index is 13.5. The Balaban J connectivity index is 1.19. The summed E-state index contributed by atoms with van der Waals surface area (Å²) < 4.78 is 45.1. The van der Waals surface area contributed by atoms with Crippen LogP contribution in [0.5, 0.6) is 0 Å².